The van der Waals surface area contributed by atoms with Gasteiger partial charge in [0.15, 0.2) is 0 Å². The molecule has 2 fully saturated rings. The maximum absolute atomic E-state index is 12.1. The van der Waals surface area contributed by atoms with E-state index in [0.29, 0.717) is 19.3 Å². The van der Waals surface area contributed by atoms with Gasteiger partial charge in [0, 0.05) is 26.4 Å². The third-order valence-electron chi connectivity index (χ3n) is 4.33. The van der Waals surface area contributed by atoms with Crippen LogP contribution in [0.15, 0.2) is 0 Å². The summed E-state index contributed by atoms with van der Waals surface area (Å²) in [5.41, 5.74) is 5.55. The molecule has 2 aliphatic rings. The van der Waals surface area contributed by atoms with E-state index in [9.17, 15) is 4.79 Å². The van der Waals surface area contributed by atoms with Crippen LogP contribution < -0.4 is 11.1 Å². The maximum atomic E-state index is 12.1. The highest BCUT2D eigenvalue weighted by Crippen LogP contribution is 2.25. The molecule has 0 bridgehead atoms. The van der Waals surface area contributed by atoms with Crippen molar-refractivity contribution in [2.24, 2.45) is 5.73 Å². The van der Waals surface area contributed by atoms with Crippen LogP contribution in [0.1, 0.15) is 51.4 Å². The van der Waals surface area contributed by atoms with Gasteiger partial charge in [0.1, 0.15) is 0 Å². The van der Waals surface area contributed by atoms with Crippen LogP contribution in [0.2, 0.25) is 0 Å². The van der Waals surface area contributed by atoms with E-state index in [1.54, 1.807) is 0 Å². The smallest absolute Gasteiger partial charge is 0.240 e. The Morgan fingerprint density at radius 3 is 2.65 bits per heavy atom. The Labute approximate surface area is 121 Å². The number of amides is 1. The zero-order chi connectivity index (χ0) is 14.3. The van der Waals surface area contributed by atoms with Gasteiger partial charge in [-0.25, -0.2) is 0 Å². The largest absolute Gasteiger partial charge is 0.381 e. The second kappa shape index (κ2) is 7.96. The highest BCUT2D eigenvalue weighted by molar-refractivity contribution is 5.86. The summed E-state index contributed by atoms with van der Waals surface area (Å²) < 4.78 is 11.1. The van der Waals surface area contributed by atoms with Gasteiger partial charge in [-0.05, 0) is 32.1 Å². The van der Waals surface area contributed by atoms with Crippen molar-refractivity contribution in [2.75, 3.05) is 26.4 Å². The summed E-state index contributed by atoms with van der Waals surface area (Å²) in [5.74, 6) is 0.0169. The van der Waals surface area contributed by atoms with Crippen molar-refractivity contribution in [1.82, 2.24) is 5.32 Å². The first-order chi connectivity index (χ1) is 9.71. The van der Waals surface area contributed by atoms with Gasteiger partial charge in [0.05, 0.1) is 11.6 Å². The van der Waals surface area contributed by atoms with E-state index in [-0.39, 0.29) is 5.91 Å². The molecule has 1 amide bonds. The minimum atomic E-state index is -0.625. The Hall–Kier alpha value is -0.650. The zero-order valence-electron chi connectivity index (χ0n) is 12.4. The molecule has 1 aliphatic carbocycles. The number of carbonyl (C=O) groups is 1. The van der Waals surface area contributed by atoms with Gasteiger partial charge in [-0.1, -0.05) is 19.3 Å². The van der Waals surface area contributed by atoms with Crippen LogP contribution in [-0.4, -0.2) is 43.9 Å². The van der Waals surface area contributed by atoms with Crippen molar-refractivity contribution in [3.05, 3.63) is 0 Å². The van der Waals surface area contributed by atoms with Gasteiger partial charge < -0.3 is 20.5 Å². The Kier molecular flexibility index (Phi) is 6.26. The molecule has 5 heteroatoms. The predicted molar refractivity (Wildman–Crippen MR) is 77.4 cm³/mol. The number of ether oxygens (including phenoxy) is 2. The predicted octanol–water partition coefficient (Wildman–Crippen LogP) is 1.35. The first-order valence-electron chi connectivity index (χ1n) is 7.97. The van der Waals surface area contributed by atoms with E-state index in [0.717, 1.165) is 58.2 Å². The van der Waals surface area contributed by atoms with Gasteiger partial charge in [-0.2, -0.15) is 0 Å². The number of hydrogen-bond donors (Lipinski definition) is 2. The maximum Gasteiger partial charge on any atom is 0.240 e. The summed E-state index contributed by atoms with van der Waals surface area (Å²) in [4.78, 5) is 12.1. The van der Waals surface area contributed by atoms with Crippen molar-refractivity contribution in [1.29, 1.82) is 0 Å². The molecule has 0 aromatic rings. The fourth-order valence-electron chi connectivity index (χ4n) is 2.95. The monoisotopic (exact) mass is 284 g/mol. The van der Waals surface area contributed by atoms with E-state index >= 15 is 0 Å². The molecule has 2 rings (SSSR count). The molecule has 20 heavy (non-hydrogen) atoms. The Morgan fingerprint density at radius 1 is 1.25 bits per heavy atom. The molecule has 0 aromatic carbocycles. The van der Waals surface area contributed by atoms with Crippen LogP contribution >= 0.6 is 0 Å². The van der Waals surface area contributed by atoms with E-state index < -0.39 is 5.54 Å². The molecular formula is C15H28N2O3. The lowest BCUT2D eigenvalue weighted by Gasteiger charge is -2.31. The molecule has 0 radical (unpaired) electrons. The molecule has 1 saturated carbocycles. The summed E-state index contributed by atoms with van der Waals surface area (Å²) in [6, 6.07) is 0. The van der Waals surface area contributed by atoms with Gasteiger partial charge >= 0.3 is 0 Å². The second-order valence-corrected chi connectivity index (χ2v) is 6.01. The summed E-state index contributed by atoms with van der Waals surface area (Å²) in [7, 11) is 0. The summed E-state index contributed by atoms with van der Waals surface area (Å²) in [6.45, 7) is 2.96. The van der Waals surface area contributed by atoms with Gasteiger partial charge in [0.2, 0.25) is 5.91 Å². The number of carbonyl (C=O) groups excluding carboxylic acids is 1. The van der Waals surface area contributed by atoms with E-state index in [2.05, 4.69) is 5.32 Å². The first-order valence-corrected chi connectivity index (χ1v) is 7.97. The molecule has 1 saturated heterocycles. The van der Waals surface area contributed by atoms with Crippen molar-refractivity contribution in [3.8, 4) is 0 Å². The van der Waals surface area contributed by atoms with Gasteiger partial charge in [-0.15, -0.1) is 0 Å². The van der Waals surface area contributed by atoms with Crippen molar-refractivity contribution < 1.29 is 14.3 Å². The average molecular weight is 284 g/mol. The highest BCUT2D eigenvalue weighted by Gasteiger charge is 2.34. The molecule has 0 unspecified atom stereocenters. The van der Waals surface area contributed by atoms with Crippen LogP contribution in [0.5, 0.6) is 0 Å². The third-order valence-corrected chi connectivity index (χ3v) is 4.33. The molecule has 1 aliphatic heterocycles. The summed E-state index contributed by atoms with van der Waals surface area (Å²) in [5, 5.41) is 2.96. The number of hydrogen-bond acceptors (Lipinski definition) is 4. The van der Waals surface area contributed by atoms with Crippen molar-refractivity contribution in [3.63, 3.8) is 0 Å². The lowest BCUT2D eigenvalue weighted by Crippen LogP contribution is -2.55. The lowest BCUT2D eigenvalue weighted by atomic mass is 9.82. The summed E-state index contributed by atoms with van der Waals surface area (Å²) >= 11 is 0. The van der Waals surface area contributed by atoms with E-state index in [1.165, 1.54) is 6.42 Å². The number of nitrogens with one attached hydrogen (secondary N) is 1. The van der Waals surface area contributed by atoms with Crippen molar-refractivity contribution >= 4 is 5.91 Å². The zero-order valence-corrected chi connectivity index (χ0v) is 12.4. The number of nitrogens with two attached hydrogens (primary N) is 1. The topological polar surface area (TPSA) is 73.6 Å². The van der Waals surface area contributed by atoms with Crippen LogP contribution in [0.25, 0.3) is 0 Å². The molecule has 0 spiro atoms. The molecule has 3 N–H and O–H groups in total. The minimum absolute atomic E-state index is 0.0169. The molecule has 116 valence electrons. The first kappa shape index (κ1) is 15.7. The number of rotatable bonds is 6. The summed E-state index contributed by atoms with van der Waals surface area (Å²) in [6.07, 6.45) is 8.11. The average Bonchev–Trinajstić information content (AvgIpc) is 2.48. The molecule has 0 aromatic heterocycles. The van der Waals surface area contributed by atoms with E-state index in [1.807, 2.05) is 0 Å². The fraction of sp³-hybridized carbons (Fsp3) is 0.933. The quantitative estimate of drug-likeness (QED) is 0.722. The van der Waals surface area contributed by atoms with Crippen LogP contribution in [0.3, 0.4) is 0 Å². The Bertz CT molecular complexity index is 297. The molecule has 0 atom stereocenters. The van der Waals surface area contributed by atoms with E-state index in [4.69, 9.17) is 15.2 Å². The minimum Gasteiger partial charge on any atom is -0.381 e. The second-order valence-electron chi connectivity index (χ2n) is 6.01. The third kappa shape index (κ3) is 4.72. The molecule has 1 heterocycles. The van der Waals surface area contributed by atoms with Crippen molar-refractivity contribution in [2.45, 2.75) is 63.0 Å². The van der Waals surface area contributed by atoms with Gasteiger partial charge in [0.25, 0.3) is 0 Å². The Balaban J connectivity index is 1.54. The lowest BCUT2D eigenvalue weighted by molar-refractivity contribution is -0.127. The highest BCUT2D eigenvalue weighted by atomic mass is 16.5. The fourth-order valence-corrected chi connectivity index (χ4v) is 2.95. The van der Waals surface area contributed by atoms with Crippen LogP contribution in [-0.2, 0) is 14.3 Å². The normalized spacial score (nSPS) is 23.4. The standard InChI is InChI=1S/C15H28N2O3/c16-15(7-2-1-3-8-15)14(18)17-9-4-10-20-13-5-11-19-12-6-13/h13H,1-12,16H2,(H,17,18). The molecular weight excluding hydrogens is 256 g/mol. The Morgan fingerprint density at radius 2 is 1.95 bits per heavy atom. The SMILES string of the molecule is NC1(C(=O)NCCCOC2CCOCC2)CCCCC1. The van der Waals surface area contributed by atoms with Crippen LogP contribution in [0.4, 0.5) is 0 Å². The van der Waals surface area contributed by atoms with Gasteiger partial charge in [-0.3, -0.25) is 4.79 Å². The molecule has 5 nitrogen and oxygen atoms in total. The van der Waals surface area contributed by atoms with Crippen LogP contribution in [0, 0.1) is 0 Å².